The van der Waals surface area contributed by atoms with Gasteiger partial charge in [-0.25, -0.2) is 0 Å². The van der Waals surface area contributed by atoms with Crippen LogP contribution in [0.3, 0.4) is 0 Å². The van der Waals surface area contributed by atoms with Crippen LogP contribution < -0.4 is 5.32 Å². The maximum atomic E-state index is 12.4. The minimum atomic E-state index is -0.157. The van der Waals surface area contributed by atoms with E-state index in [0.29, 0.717) is 11.3 Å². The van der Waals surface area contributed by atoms with Crippen molar-refractivity contribution < 1.29 is 4.79 Å². The van der Waals surface area contributed by atoms with Crippen molar-refractivity contribution in [3.05, 3.63) is 61.6 Å². The molecule has 1 aromatic heterocycles. The molecule has 106 valence electrons. The highest BCUT2D eigenvalue weighted by molar-refractivity contribution is 9.11. The zero-order valence-electron chi connectivity index (χ0n) is 10.6. The number of nitrogens with one attached hydrogen (secondary N) is 2. The van der Waals surface area contributed by atoms with Gasteiger partial charge in [-0.2, -0.15) is 0 Å². The van der Waals surface area contributed by atoms with Crippen molar-refractivity contribution in [3.63, 3.8) is 0 Å². The predicted molar refractivity (Wildman–Crippen MR) is 95.8 cm³/mol. The molecule has 0 atom stereocenters. The molecule has 3 rings (SSSR count). The van der Waals surface area contributed by atoms with Crippen LogP contribution in [0.15, 0.2) is 56.0 Å². The minimum absolute atomic E-state index is 0.157. The predicted octanol–water partition coefficient (Wildman–Crippen LogP) is 5.71. The minimum Gasteiger partial charge on any atom is -0.361 e. The second kappa shape index (κ2) is 5.94. The normalized spacial score (nSPS) is 10.8. The summed E-state index contributed by atoms with van der Waals surface area (Å²) in [5, 5.41) is 3.99. The van der Waals surface area contributed by atoms with Crippen molar-refractivity contribution in [2.45, 2.75) is 0 Å². The van der Waals surface area contributed by atoms with E-state index in [2.05, 4.69) is 58.1 Å². The summed E-state index contributed by atoms with van der Waals surface area (Å²) in [4.78, 5) is 15.5. The molecule has 1 heterocycles. The average molecular weight is 473 g/mol. The Morgan fingerprint density at radius 3 is 2.43 bits per heavy atom. The Morgan fingerprint density at radius 2 is 1.71 bits per heavy atom. The van der Waals surface area contributed by atoms with Crippen LogP contribution >= 0.6 is 47.8 Å². The van der Waals surface area contributed by atoms with Gasteiger partial charge in [0.2, 0.25) is 0 Å². The molecule has 0 aliphatic rings. The van der Waals surface area contributed by atoms with E-state index in [0.717, 1.165) is 24.3 Å². The van der Waals surface area contributed by atoms with E-state index in [4.69, 9.17) is 0 Å². The zero-order chi connectivity index (χ0) is 15.0. The van der Waals surface area contributed by atoms with Crippen LogP contribution in [0.5, 0.6) is 0 Å². The summed E-state index contributed by atoms with van der Waals surface area (Å²) in [6.45, 7) is 0. The van der Waals surface area contributed by atoms with Crippen molar-refractivity contribution in [2.24, 2.45) is 0 Å². The number of fused-ring (bicyclic) bond motifs is 1. The van der Waals surface area contributed by atoms with Crippen molar-refractivity contribution in [2.75, 3.05) is 5.32 Å². The Hall–Kier alpha value is -1.11. The van der Waals surface area contributed by atoms with Crippen LogP contribution in [0.2, 0.25) is 0 Å². The van der Waals surface area contributed by atoms with Crippen molar-refractivity contribution in [3.8, 4) is 0 Å². The van der Waals surface area contributed by atoms with Gasteiger partial charge in [-0.1, -0.05) is 22.0 Å². The molecule has 0 radical (unpaired) electrons. The number of anilines is 1. The molecular formula is C15H9Br3N2O. The van der Waals surface area contributed by atoms with Gasteiger partial charge >= 0.3 is 0 Å². The lowest BCUT2D eigenvalue weighted by Gasteiger charge is -2.10. The number of H-pyrrole nitrogens is 1. The fourth-order valence-corrected chi connectivity index (χ4v) is 4.49. The number of amides is 1. The van der Waals surface area contributed by atoms with Gasteiger partial charge < -0.3 is 10.3 Å². The highest BCUT2D eigenvalue weighted by atomic mass is 79.9. The molecule has 2 N–H and O–H groups in total. The monoisotopic (exact) mass is 470 g/mol. The summed E-state index contributed by atoms with van der Waals surface area (Å²) in [5.74, 6) is -0.157. The fourth-order valence-electron chi connectivity index (χ4n) is 2.04. The third kappa shape index (κ3) is 3.07. The number of hydrogen-bond donors (Lipinski definition) is 2. The van der Waals surface area contributed by atoms with Gasteiger partial charge in [-0.05, 0) is 67.6 Å². The SMILES string of the molecule is O=C(Nc1c(Br)cc(Br)cc1Br)c1ccc2cc[nH]c2c1. The Bertz CT molecular complexity index is 819. The Kier molecular flexibility index (Phi) is 4.19. The zero-order valence-corrected chi connectivity index (χ0v) is 15.3. The van der Waals surface area contributed by atoms with Gasteiger partial charge in [0.25, 0.3) is 5.91 Å². The first kappa shape index (κ1) is 14.8. The smallest absolute Gasteiger partial charge is 0.255 e. The highest BCUT2D eigenvalue weighted by Crippen LogP contribution is 2.34. The van der Waals surface area contributed by atoms with E-state index in [1.54, 1.807) is 0 Å². The van der Waals surface area contributed by atoms with Gasteiger partial charge in [-0.3, -0.25) is 4.79 Å². The lowest BCUT2D eigenvalue weighted by molar-refractivity contribution is 0.102. The Morgan fingerprint density at radius 1 is 1.00 bits per heavy atom. The highest BCUT2D eigenvalue weighted by Gasteiger charge is 2.12. The van der Waals surface area contributed by atoms with Crippen molar-refractivity contribution in [1.29, 1.82) is 0 Å². The third-order valence-corrected chi connectivity index (χ3v) is 4.77. The van der Waals surface area contributed by atoms with Crippen molar-refractivity contribution >= 4 is 70.3 Å². The Balaban J connectivity index is 1.92. The summed E-state index contributed by atoms with van der Waals surface area (Å²) >= 11 is 10.3. The largest absolute Gasteiger partial charge is 0.361 e. The molecule has 0 saturated carbocycles. The lowest BCUT2D eigenvalue weighted by atomic mass is 10.1. The van der Waals surface area contributed by atoms with Crippen LogP contribution in [0, 0.1) is 0 Å². The maximum Gasteiger partial charge on any atom is 0.255 e. The summed E-state index contributed by atoms with van der Waals surface area (Å²) in [6.07, 6.45) is 1.86. The topological polar surface area (TPSA) is 44.9 Å². The molecule has 2 aromatic carbocycles. The molecule has 0 aliphatic carbocycles. The van der Waals surface area contributed by atoms with Gasteiger partial charge in [-0.15, -0.1) is 0 Å². The molecule has 0 unspecified atom stereocenters. The van der Waals surface area contributed by atoms with E-state index >= 15 is 0 Å². The molecule has 3 aromatic rings. The van der Waals surface area contributed by atoms with E-state index in [9.17, 15) is 4.79 Å². The fraction of sp³-hybridized carbons (Fsp3) is 0. The van der Waals surface area contributed by atoms with Gasteiger partial charge in [0.15, 0.2) is 0 Å². The van der Waals surface area contributed by atoms with Gasteiger partial charge in [0.05, 0.1) is 5.69 Å². The van der Waals surface area contributed by atoms with Crippen molar-refractivity contribution in [1.82, 2.24) is 4.98 Å². The first-order chi connectivity index (χ1) is 10.0. The molecule has 0 fully saturated rings. The van der Waals surface area contributed by atoms with Crippen LogP contribution in [-0.2, 0) is 0 Å². The molecule has 3 nitrogen and oxygen atoms in total. The second-order valence-electron chi connectivity index (χ2n) is 4.48. The number of carbonyl (C=O) groups excluding carboxylic acids is 1. The number of benzene rings is 2. The van der Waals surface area contributed by atoms with Crippen LogP contribution in [0.1, 0.15) is 10.4 Å². The van der Waals surface area contributed by atoms with E-state index < -0.39 is 0 Å². The number of aromatic nitrogens is 1. The van der Waals surface area contributed by atoms with Gasteiger partial charge in [0.1, 0.15) is 0 Å². The standard InChI is InChI=1S/C15H9Br3N2O/c16-10-6-11(17)14(12(18)7-10)20-15(21)9-2-1-8-3-4-19-13(8)5-9/h1-7,19H,(H,20,21). The summed E-state index contributed by atoms with van der Waals surface area (Å²) in [6, 6.07) is 11.3. The van der Waals surface area contributed by atoms with Gasteiger partial charge in [0, 0.05) is 30.7 Å². The maximum absolute atomic E-state index is 12.4. The van der Waals surface area contributed by atoms with Crippen LogP contribution in [0.25, 0.3) is 10.9 Å². The van der Waals surface area contributed by atoms with E-state index in [1.165, 1.54) is 0 Å². The molecule has 21 heavy (non-hydrogen) atoms. The molecule has 0 bridgehead atoms. The molecule has 6 heteroatoms. The van der Waals surface area contributed by atoms with Crippen LogP contribution in [0.4, 0.5) is 5.69 Å². The summed E-state index contributed by atoms with van der Waals surface area (Å²) in [7, 11) is 0. The number of halogens is 3. The molecule has 0 saturated heterocycles. The summed E-state index contributed by atoms with van der Waals surface area (Å²) in [5.41, 5.74) is 2.25. The first-order valence-corrected chi connectivity index (χ1v) is 8.45. The Labute approximate surface area is 146 Å². The molecule has 0 spiro atoms. The quantitative estimate of drug-likeness (QED) is 0.493. The van der Waals surface area contributed by atoms with E-state index in [-0.39, 0.29) is 5.91 Å². The number of aromatic amines is 1. The first-order valence-electron chi connectivity index (χ1n) is 6.07. The third-order valence-electron chi connectivity index (χ3n) is 3.06. The van der Waals surface area contributed by atoms with Crippen LogP contribution in [-0.4, -0.2) is 10.9 Å². The molecule has 0 aliphatic heterocycles. The average Bonchev–Trinajstić information content (AvgIpc) is 2.89. The van der Waals surface area contributed by atoms with E-state index in [1.807, 2.05) is 42.6 Å². The molecular weight excluding hydrogens is 464 g/mol. The number of rotatable bonds is 2. The number of hydrogen-bond acceptors (Lipinski definition) is 1. The number of carbonyl (C=O) groups is 1. The lowest BCUT2D eigenvalue weighted by Crippen LogP contribution is -2.12. The molecule has 1 amide bonds. The summed E-state index contributed by atoms with van der Waals surface area (Å²) < 4.78 is 2.53. The second-order valence-corrected chi connectivity index (χ2v) is 7.10.